The van der Waals surface area contributed by atoms with Crippen molar-refractivity contribution in [3.05, 3.63) is 70.9 Å². The number of rotatable bonds is 7. The Morgan fingerprint density at radius 3 is 2.52 bits per heavy atom. The van der Waals surface area contributed by atoms with Crippen molar-refractivity contribution in [1.82, 2.24) is 9.97 Å². The highest BCUT2D eigenvalue weighted by Gasteiger charge is 2.06. The Morgan fingerprint density at radius 1 is 1.00 bits per heavy atom. The first-order chi connectivity index (χ1) is 13.0. The largest absolute Gasteiger partial charge is 0.497 e. The van der Waals surface area contributed by atoms with Crippen LogP contribution in [0.1, 0.15) is 22.3 Å². The zero-order chi connectivity index (χ0) is 19.2. The molecule has 3 aromatic rings. The van der Waals surface area contributed by atoms with Gasteiger partial charge in [0.15, 0.2) is 0 Å². The predicted molar refractivity (Wildman–Crippen MR) is 111 cm³/mol. The fraction of sp³-hybridized carbons (Fsp3) is 0.273. The molecule has 0 fully saturated rings. The van der Waals surface area contributed by atoms with E-state index in [2.05, 4.69) is 59.6 Å². The van der Waals surface area contributed by atoms with E-state index in [9.17, 15) is 0 Å². The minimum Gasteiger partial charge on any atom is -0.497 e. The molecule has 1 aromatic heterocycles. The molecular formula is C22H26N4O. The van der Waals surface area contributed by atoms with Gasteiger partial charge in [-0.15, -0.1) is 0 Å². The van der Waals surface area contributed by atoms with Gasteiger partial charge in [0.1, 0.15) is 11.6 Å². The lowest BCUT2D eigenvalue weighted by molar-refractivity contribution is 0.414. The molecule has 0 amide bonds. The number of hydrogen-bond donors (Lipinski definition) is 2. The summed E-state index contributed by atoms with van der Waals surface area (Å²) in [6.45, 7) is 7.08. The molecule has 27 heavy (non-hydrogen) atoms. The van der Waals surface area contributed by atoms with Crippen molar-refractivity contribution in [3.63, 3.8) is 0 Å². The van der Waals surface area contributed by atoms with Gasteiger partial charge in [0.2, 0.25) is 5.95 Å². The fourth-order valence-corrected chi connectivity index (χ4v) is 3.17. The topological polar surface area (TPSA) is 59.1 Å². The molecule has 0 saturated carbocycles. The van der Waals surface area contributed by atoms with E-state index in [-0.39, 0.29) is 0 Å². The maximum atomic E-state index is 5.26. The highest BCUT2D eigenvalue weighted by molar-refractivity contribution is 5.65. The second-order valence-corrected chi connectivity index (χ2v) is 6.69. The van der Waals surface area contributed by atoms with Crippen LogP contribution < -0.4 is 15.4 Å². The van der Waals surface area contributed by atoms with Crippen LogP contribution in [0, 0.1) is 20.8 Å². The maximum Gasteiger partial charge on any atom is 0.224 e. The number of nitrogens with one attached hydrogen (secondary N) is 2. The number of anilines is 3. The molecule has 3 rings (SSSR count). The van der Waals surface area contributed by atoms with Crippen molar-refractivity contribution in [2.24, 2.45) is 0 Å². The van der Waals surface area contributed by atoms with E-state index in [1.165, 1.54) is 22.3 Å². The lowest BCUT2D eigenvalue weighted by atomic mass is 10.1. The Hall–Kier alpha value is -3.08. The minimum absolute atomic E-state index is 0.616. The Balaban J connectivity index is 1.64. The van der Waals surface area contributed by atoms with Gasteiger partial charge in [-0.1, -0.05) is 29.8 Å². The molecule has 5 heteroatoms. The van der Waals surface area contributed by atoms with E-state index in [4.69, 9.17) is 4.74 Å². The van der Waals surface area contributed by atoms with Gasteiger partial charge in [-0.05, 0) is 62.1 Å². The summed E-state index contributed by atoms with van der Waals surface area (Å²) in [5, 5.41) is 6.72. The van der Waals surface area contributed by atoms with Crippen LogP contribution in [0.15, 0.2) is 48.7 Å². The molecule has 1 heterocycles. The van der Waals surface area contributed by atoms with Crippen molar-refractivity contribution in [2.45, 2.75) is 27.2 Å². The van der Waals surface area contributed by atoms with Crippen LogP contribution >= 0.6 is 0 Å². The van der Waals surface area contributed by atoms with Crippen molar-refractivity contribution in [1.29, 1.82) is 0 Å². The lowest BCUT2D eigenvalue weighted by Crippen LogP contribution is -2.09. The number of nitrogens with zero attached hydrogens (tertiary/aromatic N) is 2. The maximum absolute atomic E-state index is 5.26. The zero-order valence-electron chi connectivity index (χ0n) is 16.3. The summed E-state index contributed by atoms with van der Waals surface area (Å²) in [4.78, 5) is 8.90. The van der Waals surface area contributed by atoms with Gasteiger partial charge in [-0.25, -0.2) is 4.98 Å². The third-order valence-electron chi connectivity index (χ3n) is 4.42. The van der Waals surface area contributed by atoms with Gasteiger partial charge in [0.25, 0.3) is 0 Å². The van der Waals surface area contributed by atoms with Gasteiger partial charge in [-0.2, -0.15) is 4.98 Å². The molecule has 0 spiro atoms. The summed E-state index contributed by atoms with van der Waals surface area (Å²) >= 11 is 0. The summed E-state index contributed by atoms with van der Waals surface area (Å²) in [7, 11) is 1.68. The Bertz CT molecular complexity index is 901. The number of aryl methyl sites for hydroxylation is 3. The van der Waals surface area contributed by atoms with Crippen LogP contribution in [0.4, 0.5) is 17.5 Å². The molecule has 5 nitrogen and oxygen atoms in total. The van der Waals surface area contributed by atoms with Gasteiger partial charge in [0, 0.05) is 18.4 Å². The van der Waals surface area contributed by atoms with Crippen LogP contribution in [0.5, 0.6) is 5.75 Å². The molecule has 0 atom stereocenters. The van der Waals surface area contributed by atoms with Crippen LogP contribution in [0.25, 0.3) is 0 Å². The molecular weight excluding hydrogens is 336 g/mol. The SMILES string of the molecule is COc1cccc(CCNc2nccc(Nc3c(C)cc(C)cc3C)n2)c1. The highest BCUT2D eigenvalue weighted by Crippen LogP contribution is 2.25. The van der Waals surface area contributed by atoms with E-state index in [0.29, 0.717) is 5.95 Å². The molecule has 0 bridgehead atoms. The second kappa shape index (κ2) is 8.54. The summed E-state index contributed by atoms with van der Waals surface area (Å²) in [5.41, 5.74) is 5.99. The summed E-state index contributed by atoms with van der Waals surface area (Å²) in [6, 6.07) is 14.3. The van der Waals surface area contributed by atoms with Crippen molar-refractivity contribution in [3.8, 4) is 5.75 Å². The van der Waals surface area contributed by atoms with Gasteiger partial charge >= 0.3 is 0 Å². The lowest BCUT2D eigenvalue weighted by Gasteiger charge is -2.14. The Labute approximate surface area is 160 Å². The second-order valence-electron chi connectivity index (χ2n) is 6.69. The van der Waals surface area contributed by atoms with Crippen LogP contribution in [0.2, 0.25) is 0 Å². The third-order valence-corrected chi connectivity index (χ3v) is 4.42. The monoisotopic (exact) mass is 362 g/mol. The zero-order valence-corrected chi connectivity index (χ0v) is 16.3. The highest BCUT2D eigenvalue weighted by atomic mass is 16.5. The average molecular weight is 362 g/mol. The minimum atomic E-state index is 0.616. The molecule has 0 unspecified atom stereocenters. The standard InChI is InChI=1S/C22H26N4O/c1-15-12-16(2)21(17(3)13-15)25-20-9-11-24-22(26-20)23-10-8-18-6-5-7-19(14-18)27-4/h5-7,9,11-14H,8,10H2,1-4H3,(H2,23,24,25,26). The molecule has 2 aromatic carbocycles. The first kappa shape index (κ1) is 18.7. The van der Waals surface area contributed by atoms with Crippen LogP contribution in [0.3, 0.4) is 0 Å². The number of methoxy groups -OCH3 is 1. The Kier molecular flexibility index (Phi) is 5.91. The molecule has 0 aliphatic rings. The van der Waals surface area contributed by atoms with E-state index in [0.717, 1.165) is 30.2 Å². The molecule has 0 aliphatic carbocycles. The molecule has 0 aliphatic heterocycles. The predicted octanol–water partition coefficient (Wildman–Crippen LogP) is 4.81. The summed E-state index contributed by atoms with van der Waals surface area (Å²) in [6.07, 6.45) is 2.64. The van der Waals surface area contributed by atoms with Crippen LogP contribution in [-0.4, -0.2) is 23.6 Å². The summed E-state index contributed by atoms with van der Waals surface area (Å²) < 4.78 is 5.26. The van der Waals surface area contributed by atoms with E-state index < -0.39 is 0 Å². The van der Waals surface area contributed by atoms with Crippen molar-refractivity contribution in [2.75, 3.05) is 24.3 Å². The third kappa shape index (κ3) is 4.97. The Morgan fingerprint density at radius 2 is 1.78 bits per heavy atom. The summed E-state index contributed by atoms with van der Waals surface area (Å²) in [5.74, 6) is 2.27. The van der Waals surface area contributed by atoms with Crippen LogP contribution in [-0.2, 0) is 6.42 Å². The van der Waals surface area contributed by atoms with E-state index >= 15 is 0 Å². The number of hydrogen-bond acceptors (Lipinski definition) is 5. The number of aromatic nitrogens is 2. The molecule has 140 valence electrons. The molecule has 2 N–H and O–H groups in total. The fourth-order valence-electron chi connectivity index (χ4n) is 3.17. The first-order valence-corrected chi connectivity index (χ1v) is 9.10. The van der Waals surface area contributed by atoms with Gasteiger partial charge in [0.05, 0.1) is 7.11 Å². The normalized spacial score (nSPS) is 10.5. The van der Waals surface area contributed by atoms with Gasteiger partial charge in [-0.3, -0.25) is 0 Å². The quantitative estimate of drug-likeness (QED) is 0.632. The molecule has 0 radical (unpaired) electrons. The average Bonchev–Trinajstić information content (AvgIpc) is 2.65. The number of benzene rings is 2. The van der Waals surface area contributed by atoms with Gasteiger partial charge < -0.3 is 15.4 Å². The first-order valence-electron chi connectivity index (χ1n) is 9.10. The smallest absolute Gasteiger partial charge is 0.224 e. The van der Waals surface area contributed by atoms with Crippen molar-refractivity contribution < 1.29 is 4.74 Å². The number of ether oxygens (including phenoxy) is 1. The molecule has 0 saturated heterocycles. The van der Waals surface area contributed by atoms with E-state index in [1.54, 1.807) is 13.3 Å². The van der Waals surface area contributed by atoms with Crippen molar-refractivity contribution >= 4 is 17.5 Å². The van der Waals surface area contributed by atoms with E-state index in [1.807, 2.05) is 24.3 Å².